The molecule has 0 saturated heterocycles. The van der Waals surface area contributed by atoms with Crippen molar-refractivity contribution in [3.05, 3.63) is 42.5 Å². The number of likely N-dealkylation sites (N-methyl/N-ethyl adjacent to an activating group) is 1. The van der Waals surface area contributed by atoms with Crippen molar-refractivity contribution >= 4 is 34.4 Å². The number of oxazole rings is 1. The Hall–Kier alpha value is -3.02. The zero-order valence-electron chi connectivity index (χ0n) is 11.9. The molecular weight excluding hydrogens is 282 g/mol. The largest absolute Gasteiger partial charge is 0.482 e. The lowest BCUT2D eigenvalue weighted by molar-refractivity contribution is -0.120. The highest BCUT2D eigenvalue weighted by atomic mass is 16.5. The SMILES string of the molecule is CN1C(=O)COc2ccc(Nc3nc4ccccc4o3)cc21. The van der Waals surface area contributed by atoms with E-state index in [1.165, 1.54) is 0 Å². The summed E-state index contributed by atoms with van der Waals surface area (Å²) in [5.41, 5.74) is 3.00. The molecule has 22 heavy (non-hydrogen) atoms. The standard InChI is InChI=1S/C16H13N3O3/c1-19-12-8-10(6-7-14(12)21-9-15(19)20)17-16-18-11-4-2-3-5-13(11)22-16/h2-8H,9H2,1H3,(H,17,18). The number of aromatic nitrogens is 1. The normalized spacial score (nSPS) is 13.9. The predicted molar refractivity (Wildman–Crippen MR) is 82.6 cm³/mol. The van der Waals surface area contributed by atoms with Crippen LogP contribution < -0.4 is 15.0 Å². The van der Waals surface area contributed by atoms with Crippen LogP contribution in [0.25, 0.3) is 11.1 Å². The zero-order chi connectivity index (χ0) is 15.1. The number of carbonyl (C=O) groups excluding carboxylic acids is 1. The monoisotopic (exact) mass is 295 g/mol. The van der Waals surface area contributed by atoms with Crippen molar-refractivity contribution in [2.24, 2.45) is 0 Å². The van der Waals surface area contributed by atoms with Crippen LogP contribution in [-0.2, 0) is 4.79 Å². The van der Waals surface area contributed by atoms with Gasteiger partial charge in [-0.05, 0) is 30.3 Å². The third-order valence-electron chi connectivity index (χ3n) is 3.59. The van der Waals surface area contributed by atoms with E-state index in [0.717, 1.165) is 22.5 Å². The van der Waals surface area contributed by atoms with E-state index in [9.17, 15) is 4.79 Å². The second kappa shape index (κ2) is 4.77. The number of nitrogens with one attached hydrogen (secondary N) is 1. The van der Waals surface area contributed by atoms with Crippen molar-refractivity contribution in [3.63, 3.8) is 0 Å². The van der Waals surface area contributed by atoms with Gasteiger partial charge in [-0.25, -0.2) is 0 Å². The number of fused-ring (bicyclic) bond motifs is 2. The van der Waals surface area contributed by atoms with E-state index in [0.29, 0.717) is 11.8 Å². The number of rotatable bonds is 2. The minimum Gasteiger partial charge on any atom is -0.482 e. The predicted octanol–water partition coefficient (Wildman–Crippen LogP) is 2.93. The number of nitrogens with zero attached hydrogens (tertiary/aromatic N) is 2. The molecule has 3 aromatic rings. The maximum absolute atomic E-state index is 11.7. The highest BCUT2D eigenvalue weighted by Crippen LogP contribution is 2.34. The van der Waals surface area contributed by atoms with Crippen molar-refractivity contribution in [2.45, 2.75) is 0 Å². The van der Waals surface area contributed by atoms with Crippen LogP contribution >= 0.6 is 0 Å². The molecule has 6 heteroatoms. The maximum Gasteiger partial charge on any atom is 0.300 e. The van der Waals surface area contributed by atoms with E-state index in [-0.39, 0.29) is 12.5 Å². The molecule has 0 radical (unpaired) electrons. The van der Waals surface area contributed by atoms with Crippen LogP contribution in [0, 0.1) is 0 Å². The zero-order valence-corrected chi connectivity index (χ0v) is 11.9. The molecule has 110 valence electrons. The summed E-state index contributed by atoms with van der Waals surface area (Å²) in [6.07, 6.45) is 0. The van der Waals surface area contributed by atoms with Crippen LogP contribution in [0.15, 0.2) is 46.9 Å². The molecule has 1 N–H and O–H groups in total. The van der Waals surface area contributed by atoms with E-state index in [2.05, 4.69) is 10.3 Å². The molecule has 0 spiro atoms. The summed E-state index contributed by atoms with van der Waals surface area (Å²) >= 11 is 0. The maximum atomic E-state index is 11.7. The van der Waals surface area contributed by atoms with Crippen LogP contribution in [0.2, 0.25) is 0 Å². The molecule has 4 rings (SSSR count). The molecule has 0 bridgehead atoms. The smallest absolute Gasteiger partial charge is 0.300 e. The number of hydrogen-bond acceptors (Lipinski definition) is 5. The molecule has 0 saturated carbocycles. The van der Waals surface area contributed by atoms with Gasteiger partial charge in [0.2, 0.25) is 0 Å². The van der Waals surface area contributed by atoms with Gasteiger partial charge in [0.1, 0.15) is 11.3 Å². The van der Waals surface area contributed by atoms with E-state index in [1.807, 2.05) is 42.5 Å². The Morgan fingerprint density at radius 2 is 2.09 bits per heavy atom. The molecule has 1 aromatic heterocycles. The van der Waals surface area contributed by atoms with Gasteiger partial charge in [0, 0.05) is 12.7 Å². The van der Waals surface area contributed by atoms with Gasteiger partial charge < -0.3 is 19.4 Å². The Bertz CT molecular complexity index is 839. The van der Waals surface area contributed by atoms with Crippen LogP contribution in [0.4, 0.5) is 17.4 Å². The fourth-order valence-electron chi connectivity index (χ4n) is 2.40. The number of hydrogen-bond donors (Lipinski definition) is 1. The van der Waals surface area contributed by atoms with Crippen molar-refractivity contribution in [1.29, 1.82) is 0 Å². The molecule has 0 atom stereocenters. The highest BCUT2D eigenvalue weighted by Gasteiger charge is 2.22. The Morgan fingerprint density at radius 3 is 2.95 bits per heavy atom. The lowest BCUT2D eigenvalue weighted by atomic mass is 10.2. The summed E-state index contributed by atoms with van der Waals surface area (Å²) in [6, 6.07) is 13.5. The van der Waals surface area contributed by atoms with Crippen LogP contribution in [0.3, 0.4) is 0 Å². The van der Waals surface area contributed by atoms with Crippen molar-refractivity contribution < 1.29 is 13.9 Å². The second-order valence-electron chi connectivity index (χ2n) is 5.04. The summed E-state index contributed by atoms with van der Waals surface area (Å²) in [5, 5.41) is 3.11. The van der Waals surface area contributed by atoms with Gasteiger partial charge in [-0.15, -0.1) is 0 Å². The first-order chi connectivity index (χ1) is 10.7. The molecule has 1 amide bonds. The Labute approximate surface area is 126 Å². The molecule has 0 aliphatic carbocycles. The number of ether oxygens (including phenoxy) is 1. The van der Waals surface area contributed by atoms with Crippen molar-refractivity contribution in [1.82, 2.24) is 4.98 Å². The average molecular weight is 295 g/mol. The molecule has 2 aromatic carbocycles. The van der Waals surface area contributed by atoms with Crippen LogP contribution in [0.1, 0.15) is 0 Å². The molecule has 6 nitrogen and oxygen atoms in total. The summed E-state index contributed by atoms with van der Waals surface area (Å²) in [7, 11) is 1.73. The molecule has 0 fully saturated rings. The average Bonchev–Trinajstić information content (AvgIpc) is 2.93. The number of amides is 1. The third kappa shape index (κ3) is 2.05. The summed E-state index contributed by atoms with van der Waals surface area (Å²) in [5.74, 6) is 0.608. The Balaban J connectivity index is 1.67. The molecule has 1 aliphatic rings. The molecule has 0 unspecified atom stereocenters. The lowest BCUT2D eigenvalue weighted by Crippen LogP contribution is -2.35. The van der Waals surface area contributed by atoms with Gasteiger partial charge in [-0.2, -0.15) is 4.98 Å². The van der Waals surface area contributed by atoms with Crippen LogP contribution in [0.5, 0.6) is 5.75 Å². The van der Waals surface area contributed by atoms with Gasteiger partial charge in [-0.3, -0.25) is 4.79 Å². The van der Waals surface area contributed by atoms with Gasteiger partial charge in [-0.1, -0.05) is 12.1 Å². The first-order valence-corrected chi connectivity index (χ1v) is 6.87. The molecular formula is C16H13N3O3. The topological polar surface area (TPSA) is 67.6 Å². The summed E-state index contributed by atoms with van der Waals surface area (Å²) in [4.78, 5) is 17.6. The second-order valence-corrected chi connectivity index (χ2v) is 5.04. The Kier molecular flexibility index (Phi) is 2.75. The number of carbonyl (C=O) groups is 1. The highest BCUT2D eigenvalue weighted by molar-refractivity contribution is 5.98. The quantitative estimate of drug-likeness (QED) is 0.787. The lowest BCUT2D eigenvalue weighted by Gasteiger charge is -2.26. The minimum absolute atomic E-state index is 0.0708. The van der Waals surface area contributed by atoms with E-state index in [1.54, 1.807) is 11.9 Å². The van der Waals surface area contributed by atoms with Crippen molar-refractivity contribution in [3.8, 4) is 5.75 Å². The van der Waals surface area contributed by atoms with E-state index >= 15 is 0 Å². The van der Waals surface area contributed by atoms with Gasteiger partial charge >= 0.3 is 0 Å². The summed E-state index contributed by atoms with van der Waals surface area (Å²) in [6.45, 7) is 0.0708. The number of para-hydroxylation sites is 2. The third-order valence-corrected chi connectivity index (χ3v) is 3.59. The molecule has 2 heterocycles. The van der Waals surface area contributed by atoms with Gasteiger partial charge in [0.25, 0.3) is 11.9 Å². The fourth-order valence-corrected chi connectivity index (χ4v) is 2.40. The number of anilines is 3. The van der Waals surface area contributed by atoms with E-state index < -0.39 is 0 Å². The fraction of sp³-hybridized carbons (Fsp3) is 0.125. The summed E-state index contributed by atoms with van der Waals surface area (Å²) < 4.78 is 11.0. The van der Waals surface area contributed by atoms with Gasteiger partial charge in [0.05, 0.1) is 5.69 Å². The number of benzene rings is 2. The first kappa shape index (κ1) is 12.7. The first-order valence-electron chi connectivity index (χ1n) is 6.87. The van der Waals surface area contributed by atoms with E-state index in [4.69, 9.17) is 9.15 Å². The van der Waals surface area contributed by atoms with Crippen LogP contribution in [-0.4, -0.2) is 24.5 Å². The van der Waals surface area contributed by atoms with Crippen molar-refractivity contribution in [2.75, 3.05) is 23.9 Å². The molecule has 1 aliphatic heterocycles. The minimum atomic E-state index is -0.0773. The Morgan fingerprint density at radius 1 is 1.23 bits per heavy atom. The van der Waals surface area contributed by atoms with Gasteiger partial charge in [0.15, 0.2) is 12.2 Å².